The molecule has 7 heteroatoms. The van der Waals surface area contributed by atoms with Crippen LogP contribution in [0.3, 0.4) is 0 Å². The standard InChI is InChI=1S/C23H19ClN2O3S/c1-13-6-8-16(11-14(13)2)26-22(27)20(19-5-4-10-30-19)21(23(26)28)25-17-12-15(24)7-9-18(17)29-3/h4-12,25H,1-3H3. The summed E-state index contributed by atoms with van der Waals surface area (Å²) in [5.41, 5.74) is 3.67. The summed E-state index contributed by atoms with van der Waals surface area (Å²) in [6, 6.07) is 14.3. The lowest BCUT2D eigenvalue weighted by Gasteiger charge is -2.17. The van der Waals surface area contributed by atoms with Crippen LogP contribution < -0.4 is 15.0 Å². The van der Waals surface area contributed by atoms with Gasteiger partial charge in [-0.1, -0.05) is 23.7 Å². The molecular formula is C23H19ClN2O3S. The molecule has 3 aromatic rings. The van der Waals surface area contributed by atoms with Crippen molar-refractivity contribution in [2.75, 3.05) is 17.3 Å². The first-order chi connectivity index (χ1) is 14.4. The monoisotopic (exact) mass is 438 g/mol. The van der Waals surface area contributed by atoms with E-state index < -0.39 is 5.91 Å². The summed E-state index contributed by atoms with van der Waals surface area (Å²) < 4.78 is 5.39. The number of thiophene rings is 1. The van der Waals surface area contributed by atoms with Crippen molar-refractivity contribution >= 4 is 51.7 Å². The van der Waals surface area contributed by atoms with Crippen molar-refractivity contribution in [3.63, 3.8) is 0 Å². The van der Waals surface area contributed by atoms with E-state index >= 15 is 0 Å². The number of carbonyl (C=O) groups is 2. The molecule has 152 valence electrons. The van der Waals surface area contributed by atoms with E-state index in [1.165, 1.54) is 23.3 Å². The average molecular weight is 439 g/mol. The second kappa shape index (κ2) is 7.97. The third-order valence-corrected chi connectivity index (χ3v) is 6.14. The Labute approximate surface area is 183 Å². The molecule has 0 bridgehead atoms. The number of imide groups is 1. The first-order valence-corrected chi connectivity index (χ1v) is 10.5. The van der Waals surface area contributed by atoms with Gasteiger partial charge in [-0.15, -0.1) is 11.3 Å². The number of methoxy groups -OCH3 is 1. The third kappa shape index (κ3) is 3.49. The first kappa shape index (κ1) is 20.2. The molecule has 2 aromatic carbocycles. The SMILES string of the molecule is COc1ccc(Cl)cc1NC1=C(c2cccs2)C(=O)N(c2ccc(C)c(C)c2)C1=O. The van der Waals surface area contributed by atoms with E-state index in [2.05, 4.69) is 5.32 Å². The van der Waals surface area contributed by atoms with Gasteiger partial charge in [0.05, 0.1) is 24.1 Å². The number of nitrogens with one attached hydrogen (secondary N) is 1. The van der Waals surface area contributed by atoms with Crippen LogP contribution in [0.5, 0.6) is 5.75 Å². The zero-order valence-electron chi connectivity index (χ0n) is 16.7. The highest BCUT2D eigenvalue weighted by molar-refractivity contribution is 7.11. The summed E-state index contributed by atoms with van der Waals surface area (Å²) in [6.07, 6.45) is 0. The second-order valence-corrected chi connectivity index (χ2v) is 8.30. The lowest BCUT2D eigenvalue weighted by Crippen LogP contribution is -2.32. The summed E-state index contributed by atoms with van der Waals surface area (Å²) in [6.45, 7) is 3.94. The summed E-state index contributed by atoms with van der Waals surface area (Å²) in [7, 11) is 1.53. The number of hydrogen-bond donors (Lipinski definition) is 1. The summed E-state index contributed by atoms with van der Waals surface area (Å²) in [4.78, 5) is 28.7. The Balaban J connectivity index is 1.83. The molecule has 2 heterocycles. The number of ether oxygens (including phenoxy) is 1. The first-order valence-electron chi connectivity index (χ1n) is 9.25. The van der Waals surface area contributed by atoms with E-state index in [0.717, 1.165) is 11.1 Å². The fourth-order valence-corrected chi connectivity index (χ4v) is 4.25. The Kier molecular flexibility index (Phi) is 5.37. The van der Waals surface area contributed by atoms with Gasteiger partial charge in [0.1, 0.15) is 11.4 Å². The molecule has 0 spiro atoms. The zero-order valence-corrected chi connectivity index (χ0v) is 18.2. The van der Waals surface area contributed by atoms with Crippen LogP contribution in [0.4, 0.5) is 11.4 Å². The van der Waals surface area contributed by atoms with Crippen molar-refractivity contribution in [3.8, 4) is 5.75 Å². The normalized spacial score (nSPS) is 13.9. The largest absolute Gasteiger partial charge is 0.495 e. The van der Waals surface area contributed by atoms with E-state index in [0.29, 0.717) is 32.6 Å². The number of benzene rings is 2. The Bertz CT molecular complexity index is 1190. The molecule has 30 heavy (non-hydrogen) atoms. The number of rotatable bonds is 5. The fourth-order valence-electron chi connectivity index (χ4n) is 3.31. The molecule has 0 saturated carbocycles. The number of amides is 2. The van der Waals surface area contributed by atoms with E-state index in [1.807, 2.05) is 43.5 Å². The molecule has 0 atom stereocenters. The molecule has 1 N–H and O–H groups in total. The smallest absolute Gasteiger partial charge is 0.282 e. The molecule has 0 aliphatic carbocycles. The number of carbonyl (C=O) groups excluding carboxylic acids is 2. The molecule has 0 fully saturated rings. The van der Waals surface area contributed by atoms with Gasteiger partial charge in [0.25, 0.3) is 11.8 Å². The zero-order chi connectivity index (χ0) is 21.4. The van der Waals surface area contributed by atoms with Crippen molar-refractivity contribution in [2.45, 2.75) is 13.8 Å². The quantitative estimate of drug-likeness (QED) is 0.540. The van der Waals surface area contributed by atoms with E-state index in [4.69, 9.17) is 16.3 Å². The van der Waals surface area contributed by atoms with Gasteiger partial charge in [-0.25, -0.2) is 4.90 Å². The summed E-state index contributed by atoms with van der Waals surface area (Å²) in [5, 5.41) is 5.47. The Morgan fingerprint density at radius 2 is 1.80 bits per heavy atom. The minimum atomic E-state index is -0.423. The lowest BCUT2D eigenvalue weighted by molar-refractivity contribution is -0.120. The van der Waals surface area contributed by atoms with Crippen molar-refractivity contribution in [3.05, 3.63) is 80.6 Å². The highest BCUT2D eigenvalue weighted by Crippen LogP contribution is 2.38. The van der Waals surface area contributed by atoms with Crippen molar-refractivity contribution in [1.82, 2.24) is 0 Å². The topological polar surface area (TPSA) is 58.6 Å². The van der Waals surface area contributed by atoms with Crippen molar-refractivity contribution in [1.29, 1.82) is 0 Å². The van der Waals surface area contributed by atoms with Crippen molar-refractivity contribution in [2.24, 2.45) is 0 Å². The number of halogens is 1. The van der Waals surface area contributed by atoms with Gasteiger partial charge in [0.2, 0.25) is 0 Å². The molecule has 5 nitrogen and oxygen atoms in total. The van der Waals surface area contributed by atoms with Crippen LogP contribution in [-0.4, -0.2) is 18.9 Å². The predicted molar refractivity (Wildman–Crippen MR) is 121 cm³/mol. The molecule has 1 aromatic heterocycles. The Morgan fingerprint density at radius 1 is 1.00 bits per heavy atom. The number of nitrogens with zero attached hydrogens (tertiary/aromatic N) is 1. The van der Waals surface area contributed by atoms with Gasteiger partial charge in [0, 0.05) is 9.90 Å². The predicted octanol–water partition coefficient (Wildman–Crippen LogP) is 5.42. The Hall–Kier alpha value is -3.09. The minimum absolute atomic E-state index is 0.196. The third-order valence-electron chi connectivity index (χ3n) is 5.02. The fraction of sp³-hybridized carbons (Fsp3) is 0.130. The van der Waals surface area contributed by atoms with Gasteiger partial charge in [-0.3, -0.25) is 9.59 Å². The van der Waals surface area contributed by atoms with Gasteiger partial charge in [-0.2, -0.15) is 0 Å². The van der Waals surface area contributed by atoms with Crippen LogP contribution in [-0.2, 0) is 9.59 Å². The van der Waals surface area contributed by atoms with Gasteiger partial charge in [0.15, 0.2) is 0 Å². The van der Waals surface area contributed by atoms with E-state index in [1.54, 1.807) is 24.3 Å². The highest BCUT2D eigenvalue weighted by Gasteiger charge is 2.41. The van der Waals surface area contributed by atoms with E-state index in [9.17, 15) is 9.59 Å². The highest BCUT2D eigenvalue weighted by atomic mass is 35.5. The van der Waals surface area contributed by atoms with Gasteiger partial charge >= 0.3 is 0 Å². The molecule has 4 rings (SSSR count). The van der Waals surface area contributed by atoms with Gasteiger partial charge < -0.3 is 10.1 Å². The second-order valence-electron chi connectivity index (χ2n) is 6.91. The van der Waals surface area contributed by atoms with Crippen LogP contribution >= 0.6 is 22.9 Å². The van der Waals surface area contributed by atoms with Crippen LogP contribution in [0.15, 0.2) is 59.6 Å². The molecular weight excluding hydrogens is 420 g/mol. The maximum absolute atomic E-state index is 13.4. The molecule has 1 aliphatic rings. The van der Waals surface area contributed by atoms with Crippen LogP contribution in [0, 0.1) is 13.8 Å². The molecule has 2 amide bonds. The number of anilines is 2. The van der Waals surface area contributed by atoms with E-state index in [-0.39, 0.29) is 11.6 Å². The maximum Gasteiger partial charge on any atom is 0.282 e. The van der Waals surface area contributed by atoms with Crippen LogP contribution in [0.1, 0.15) is 16.0 Å². The summed E-state index contributed by atoms with van der Waals surface area (Å²) >= 11 is 7.55. The molecule has 0 saturated heterocycles. The molecule has 0 unspecified atom stereocenters. The average Bonchev–Trinajstić information content (AvgIpc) is 3.32. The van der Waals surface area contributed by atoms with Gasteiger partial charge in [-0.05, 0) is 66.8 Å². The summed E-state index contributed by atoms with van der Waals surface area (Å²) in [5.74, 6) is -0.273. The molecule has 1 aliphatic heterocycles. The number of aryl methyl sites for hydroxylation is 2. The Morgan fingerprint density at radius 3 is 2.47 bits per heavy atom. The lowest BCUT2D eigenvalue weighted by atomic mass is 10.1. The van der Waals surface area contributed by atoms with Crippen LogP contribution in [0.25, 0.3) is 5.57 Å². The maximum atomic E-state index is 13.4. The molecule has 0 radical (unpaired) electrons. The van der Waals surface area contributed by atoms with Crippen molar-refractivity contribution < 1.29 is 14.3 Å². The van der Waals surface area contributed by atoms with Crippen LogP contribution in [0.2, 0.25) is 5.02 Å². The minimum Gasteiger partial charge on any atom is -0.495 e. The number of hydrogen-bond acceptors (Lipinski definition) is 5.